The molecule has 4 aromatic rings. The number of aromatic hydroxyl groups is 1. The standard InChI is InChI=1S/C20H22FNO5.C18H18FNO4/c1-5-26-20(24)15-7-6-14(10-17(15)21)22-19(23)16-9-12(2)8-13(3)18(16)27-11-25-4;1-4-24-18(23)13-6-5-12(9-15(13)19)20-17(22)14-8-10(2)7-11(3)16(14)21/h6-10H,5,11H2,1-4H3,(H,22,23);5-9,21H,4H2,1-3H3,(H,20,22). The third-order valence-corrected chi connectivity index (χ3v) is 7.12. The van der Waals surface area contributed by atoms with Gasteiger partial charge < -0.3 is 34.7 Å². The number of carbonyl (C=O) groups excluding carboxylic acids is 4. The SMILES string of the molecule is CCOC(=O)c1ccc(NC(=O)c2cc(C)cc(C)c2O)cc1F.CCOC(=O)c1ccc(NC(=O)c2cc(C)cc(C)c2OCOC)cc1F. The molecule has 0 fully saturated rings. The Hall–Kier alpha value is -5.82. The van der Waals surface area contributed by atoms with E-state index < -0.39 is 35.4 Å². The molecule has 0 saturated heterocycles. The normalized spacial score (nSPS) is 10.4. The fraction of sp³-hybridized carbons (Fsp3) is 0.263. The molecule has 0 aliphatic carbocycles. The molecule has 4 aromatic carbocycles. The van der Waals surface area contributed by atoms with Gasteiger partial charge in [0.2, 0.25) is 0 Å². The molecule has 13 heteroatoms. The van der Waals surface area contributed by atoms with Crippen molar-refractivity contribution in [3.63, 3.8) is 0 Å². The van der Waals surface area contributed by atoms with Crippen LogP contribution in [0.4, 0.5) is 20.2 Å². The van der Waals surface area contributed by atoms with Crippen molar-refractivity contribution in [2.75, 3.05) is 37.8 Å². The highest BCUT2D eigenvalue weighted by molar-refractivity contribution is 6.07. The van der Waals surface area contributed by atoms with Crippen LogP contribution in [0.5, 0.6) is 11.5 Å². The molecule has 2 amide bonds. The molecule has 3 N–H and O–H groups in total. The number of hydrogen-bond acceptors (Lipinski definition) is 9. The number of halogens is 2. The Balaban J connectivity index is 0.000000277. The molecule has 11 nitrogen and oxygen atoms in total. The van der Waals surface area contributed by atoms with Crippen molar-refractivity contribution >= 4 is 35.1 Å². The molecule has 0 aliphatic rings. The van der Waals surface area contributed by atoms with Crippen LogP contribution in [-0.2, 0) is 14.2 Å². The van der Waals surface area contributed by atoms with E-state index in [2.05, 4.69) is 10.6 Å². The number of aryl methyl sites for hydroxylation is 4. The minimum atomic E-state index is -0.795. The largest absolute Gasteiger partial charge is 0.507 e. The van der Waals surface area contributed by atoms with Crippen LogP contribution in [0, 0.1) is 39.3 Å². The quantitative estimate of drug-likeness (QED) is 0.107. The van der Waals surface area contributed by atoms with E-state index in [4.69, 9.17) is 18.9 Å². The third kappa shape index (κ3) is 10.6. The first-order chi connectivity index (χ1) is 24.2. The third-order valence-electron chi connectivity index (χ3n) is 7.12. The lowest BCUT2D eigenvalue weighted by Gasteiger charge is -2.15. The van der Waals surface area contributed by atoms with E-state index in [9.17, 15) is 33.1 Å². The first-order valence-corrected chi connectivity index (χ1v) is 15.8. The van der Waals surface area contributed by atoms with Crippen LogP contribution in [0.2, 0.25) is 0 Å². The average Bonchev–Trinajstić information content (AvgIpc) is 3.06. The van der Waals surface area contributed by atoms with Gasteiger partial charge in [0.1, 0.15) is 23.1 Å². The Morgan fingerprint density at radius 3 is 1.55 bits per heavy atom. The molecule has 0 heterocycles. The molecule has 51 heavy (non-hydrogen) atoms. The second-order valence-corrected chi connectivity index (χ2v) is 11.2. The van der Waals surface area contributed by atoms with Gasteiger partial charge in [-0.15, -0.1) is 0 Å². The zero-order valence-corrected chi connectivity index (χ0v) is 29.4. The minimum absolute atomic E-state index is 0.00690. The molecule has 0 aliphatic heterocycles. The van der Waals surface area contributed by atoms with Gasteiger partial charge in [0.05, 0.1) is 35.5 Å². The zero-order chi connectivity index (χ0) is 37.8. The molecule has 270 valence electrons. The second-order valence-electron chi connectivity index (χ2n) is 11.2. The molecule has 0 bridgehead atoms. The Morgan fingerprint density at radius 2 is 1.10 bits per heavy atom. The highest BCUT2D eigenvalue weighted by atomic mass is 19.1. The minimum Gasteiger partial charge on any atom is -0.507 e. The van der Waals surface area contributed by atoms with Gasteiger partial charge in [-0.1, -0.05) is 12.1 Å². The van der Waals surface area contributed by atoms with Crippen LogP contribution >= 0.6 is 0 Å². The lowest BCUT2D eigenvalue weighted by atomic mass is 10.0. The van der Waals surface area contributed by atoms with Crippen molar-refractivity contribution in [2.45, 2.75) is 41.5 Å². The summed E-state index contributed by atoms with van der Waals surface area (Å²) in [6.45, 7) is 10.7. The number of hydrogen-bond donors (Lipinski definition) is 3. The van der Waals surface area contributed by atoms with Crippen LogP contribution in [0.15, 0.2) is 60.7 Å². The highest BCUT2D eigenvalue weighted by Gasteiger charge is 2.19. The predicted molar refractivity (Wildman–Crippen MR) is 187 cm³/mol. The van der Waals surface area contributed by atoms with Gasteiger partial charge in [-0.3, -0.25) is 9.59 Å². The van der Waals surface area contributed by atoms with Crippen LogP contribution in [0.1, 0.15) is 77.5 Å². The summed E-state index contributed by atoms with van der Waals surface area (Å²) in [4.78, 5) is 48.2. The van der Waals surface area contributed by atoms with Crippen LogP contribution in [0.25, 0.3) is 0 Å². The summed E-state index contributed by atoms with van der Waals surface area (Å²) >= 11 is 0. The number of carbonyl (C=O) groups is 4. The maximum absolute atomic E-state index is 14.2. The van der Waals surface area contributed by atoms with Crippen LogP contribution in [-0.4, -0.2) is 56.0 Å². The van der Waals surface area contributed by atoms with E-state index >= 15 is 0 Å². The fourth-order valence-corrected chi connectivity index (χ4v) is 4.90. The Morgan fingerprint density at radius 1 is 0.647 bits per heavy atom. The average molecular weight is 707 g/mol. The number of phenolic OH excluding ortho intramolecular Hbond substituents is 1. The summed E-state index contributed by atoms with van der Waals surface area (Å²) in [7, 11) is 1.48. The number of phenols is 1. The van der Waals surface area contributed by atoms with Crippen molar-refractivity contribution in [3.8, 4) is 11.5 Å². The predicted octanol–water partition coefficient (Wildman–Crippen LogP) is 7.43. The maximum Gasteiger partial charge on any atom is 0.341 e. The first-order valence-electron chi connectivity index (χ1n) is 15.8. The summed E-state index contributed by atoms with van der Waals surface area (Å²) < 4.78 is 48.1. The van der Waals surface area contributed by atoms with Crippen molar-refractivity contribution < 1.29 is 52.0 Å². The summed E-state index contributed by atoms with van der Waals surface area (Å²) in [5.41, 5.74) is 3.44. The fourth-order valence-electron chi connectivity index (χ4n) is 4.90. The molecular formula is C38H40F2N2O9. The Kier molecular flexibility index (Phi) is 14.2. The van der Waals surface area contributed by atoms with Gasteiger partial charge in [-0.2, -0.15) is 0 Å². The maximum atomic E-state index is 14.2. The second kappa shape index (κ2) is 18.3. The van der Waals surface area contributed by atoms with E-state index in [0.29, 0.717) is 16.9 Å². The van der Waals surface area contributed by atoms with Crippen molar-refractivity contribution in [3.05, 3.63) is 117 Å². The number of methoxy groups -OCH3 is 1. The van der Waals surface area contributed by atoms with E-state index in [0.717, 1.165) is 28.8 Å². The molecular weight excluding hydrogens is 666 g/mol. The number of amides is 2. The Bertz CT molecular complexity index is 1930. The van der Waals surface area contributed by atoms with E-state index in [1.54, 1.807) is 45.9 Å². The van der Waals surface area contributed by atoms with Crippen molar-refractivity contribution in [1.82, 2.24) is 0 Å². The highest BCUT2D eigenvalue weighted by Crippen LogP contribution is 2.28. The van der Waals surface area contributed by atoms with Gasteiger partial charge in [0.15, 0.2) is 6.79 Å². The molecule has 0 aromatic heterocycles. The summed E-state index contributed by atoms with van der Waals surface area (Å²) in [5.74, 6) is -3.85. The number of esters is 2. The first kappa shape index (κ1) is 39.6. The molecule has 0 atom stereocenters. The number of anilines is 2. The number of benzene rings is 4. The summed E-state index contributed by atoms with van der Waals surface area (Å²) in [6, 6.07) is 14.3. The van der Waals surface area contributed by atoms with Gasteiger partial charge in [-0.05, 0) is 112 Å². The zero-order valence-electron chi connectivity index (χ0n) is 29.4. The number of rotatable bonds is 11. The molecule has 0 saturated carbocycles. The number of nitrogens with one attached hydrogen (secondary N) is 2. The lowest BCUT2D eigenvalue weighted by Crippen LogP contribution is -2.16. The molecule has 0 spiro atoms. The van der Waals surface area contributed by atoms with E-state index in [-0.39, 0.29) is 53.8 Å². The van der Waals surface area contributed by atoms with Crippen LogP contribution in [0.3, 0.4) is 0 Å². The van der Waals surface area contributed by atoms with Gasteiger partial charge in [0.25, 0.3) is 11.8 Å². The molecule has 0 radical (unpaired) electrons. The van der Waals surface area contributed by atoms with Crippen molar-refractivity contribution in [2.24, 2.45) is 0 Å². The number of ether oxygens (including phenoxy) is 4. The van der Waals surface area contributed by atoms with Gasteiger partial charge in [-0.25, -0.2) is 18.4 Å². The van der Waals surface area contributed by atoms with E-state index in [1.165, 1.54) is 31.4 Å². The Labute approximate surface area is 294 Å². The molecule has 4 rings (SSSR count). The smallest absolute Gasteiger partial charge is 0.341 e. The van der Waals surface area contributed by atoms with Crippen molar-refractivity contribution in [1.29, 1.82) is 0 Å². The summed E-state index contributed by atoms with van der Waals surface area (Å²) in [6.07, 6.45) is 0. The van der Waals surface area contributed by atoms with Crippen LogP contribution < -0.4 is 15.4 Å². The van der Waals surface area contributed by atoms with Gasteiger partial charge in [0, 0.05) is 18.5 Å². The summed E-state index contributed by atoms with van der Waals surface area (Å²) in [5, 5.41) is 15.1. The lowest BCUT2D eigenvalue weighted by molar-refractivity contribution is 0.0496. The van der Waals surface area contributed by atoms with Gasteiger partial charge >= 0.3 is 11.9 Å². The molecule has 0 unspecified atom stereocenters. The van der Waals surface area contributed by atoms with E-state index in [1.807, 2.05) is 19.9 Å². The monoisotopic (exact) mass is 706 g/mol. The topological polar surface area (TPSA) is 149 Å².